The molecule has 8 aromatic carbocycles. The van der Waals surface area contributed by atoms with Crippen molar-refractivity contribution in [3.8, 4) is 0 Å². The van der Waals surface area contributed by atoms with E-state index in [0.717, 1.165) is 12.8 Å². The molecule has 0 radical (unpaired) electrons. The Morgan fingerprint density at radius 2 is 0.545 bits per heavy atom. The van der Waals surface area contributed by atoms with Crippen molar-refractivity contribution in [2.24, 2.45) is 0 Å². The fourth-order valence-electron chi connectivity index (χ4n) is 11.5. The summed E-state index contributed by atoms with van der Waals surface area (Å²) < 4.78 is 0. The standard InChI is InChI=1S/C64H58Si2/c1-45-27-35-53(36-28-45)61-57(49-19-11-7-12-20-49)59(51-23-15-9-16-24-51)63(65(61)5,55-39-31-47(3)32-40-55)43-44-64(56-41-33-48(4)34-42-56)60(52-25-17-10-18-26-52)58(50-21-13-8-14-22-50)62(66(64)6)54-37-29-46(2)30-38-54/h7-42H,43-44H2,1-6H3. The lowest BCUT2D eigenvalue weighted by atomic mass is 9.72. The number of rotatable bonds is 11. The van der Waals surface area contributed by atoms with Gasteiger partial charge in [0.15, 0.2) is 0 Å². The second kappa shape index (κ2) is 18.0. The first-order chi connectivity index (χ1) is 32.2. The van der Waals surface area contributed by atoms with Crippen molar-refractivity contribution in [3.63, 3.8) is 0 Å². The molecule has 0 saturated heterocycles. The molecule has 10 rings (SSSR count). The molecule has 0 fully saturated rings. The van der Waals surface area contributed by atoms with Crippen molar-refractivity contribution in [1.29, 1.82) is 0 Å². The molecule has 0 bridgehead atoms. The van der Waals surface area contributed by atoms with Crippen LogP contribution in [0, 0.1) is 27.7 Å². The molecule has 8 aromatic rings. The lowest BCUT2D eigenvalue weighted by Crippen LogP contribution is -2.43. The van der Waals surface area contributed by atoms with Crippen LogP contribution in [0.1, 0.15) is 79.6 Å². The predicted octanol–water partition coefficient (Wildman–Crippen LogP) is 15.1. The average Bonchev–Trinajstić information content (AvgIpc) is 3.78. The Morgan fingerprint density at radius 3 is 0.833 bits per heavy atom. The largest absolute Gasteiger partial charge is 0.0622 e. The molecule has 0 aromatic heterocycles. The lowest BCUT2D eigenvalue weighted by Gasteiger charge is -2.42. The van der Waals surface area contributed by atoms with Crippen LogP contribution in [0.5, 0.6) is 0 Å². The molecule has 0 spiro atoms. The molecule has 0 aliphatic carbocycles. The first-order valence-electron chi connectivity index (χ1n) is 23.6. The summed E-state index contributed by atoms with van der Waals surface area (Å²) in [6, 6.07) is 83.9. The molecule has 2 aliphatic heterocycles. The van der Waals surface area contributed by atoms with Crippen LogP contribution in [0.25, 0.3) is 22.3 Å². The van der Waals surface area contributed by atoms with Crippen LogP contribution in [0.3, 0.4) is 0 Å². The summed E-state index contributed by atoms with van der Waals surface area (Å²) >= 11 is 0. The highest BCUT2D eigenvalue weighted by molar-refractivity contribution is 6.89. The van der Waals surface area contributed by atoms with Gasteiger partial charge in [-0.25, -0.2) is 0 Å². The number of benzene rings is 8. The summed E-state index contributed by atoms with van der Waals surface area (Å²) in [4.78, 5) is 0. The predicted molar refractivity (Wildman–Crippen MR) is 288 cm³/mol. The molecule has 0 saturated carbocycles. The molecule has 2 heteroatoms. The number of hydrogen-bond donors (Lipinski definition) is 0. The first kappa shape index (κ1) is 43.3. The second-order valence-electron chi connectivity index (χ2n) is 18.7. The van der Waals surface area contributed by atoms with E-state index < -0.39 is 16.8 Å². The minimum atomic E-state index is -1.42. The van der Waals surface area contributed by atoms with Gasteiger partial charge in [0.1, 0.15) is 0 Å². The molecule has 322 valence electrons. The third-order valence-electron chi connectivity index (χ3n) is 14.8. The molecule has 0 nitrogen and oxygen atoms in total. The highest BCUT2D eigenvalue weighted by Gasteiger charge is 2.53. The van der Waals surface area contributed by atoms with Crippen molar-refractivity contribution >= 4 is 49.4 Å². The molecule has 2 heterocycles. The zero-order valence-corrected chi connectivity index (χ0v) is 41.2. The van der Waals surface area contributed by atoms with Gasteiger partial charge < -0.3 is 0 Å². The van der Waals surface area contributed by atoms with E-state index in [2.05, 4.69) is 259 Å². The summed E-state index contributed by atoms with van der Waals surface area (Å²) in [5.41, 5.74) is 21.7. The maximum absolute atomic E-state index is 2.65. The molecule has 66 heavy (non-hydrogen) atoms. The topological polar surface area (TPSA) is 0 Å². The van der Waals surface area contributed by atoms with E-state index in [-0.39, 0.29) is 10.1 Å². The van der Waals surface area contributed by atoms with Crippen LogP contribution in [0.4, 0.5) is 0 Å². The van der Waals surface area contributed by atoms with Crippen molar-refractivity contribution in [2.45, 2.75) is 63.7 Å². The zero-order chi connectivity index (χ0) is 45.4. The Bertz CT molecular complexity index is 2940. The molecular weight excluding hydrogens is 825 g/mol. The molecule has 2 atom stereocenters. The van der Waals surface area contributed by atoms with E-state index in [1.165, 1.54) is 99.4 Å². The van der Waals surface area contributed by atoms with E-state index >= 15 is 0 Å². The Balaban J connectivity index is 1.34. The third-order valence-corrected chi connectivity index (χ3v) is 21.5. The maximum atomic E-state index is 2.65. The Morgan fingerprint density at radius 1 is 0.288 bits per heavy atom. The average molecular weight is 883 g/mol. The second-order valence-corrected chi connectivity index (χ2v) is 23.9. The van der Waals surface area contributed by atoms with Gasteiger partial charge in [0.05, 0.1) is 0 Å². The van der Waals surface area contributed by atoms with Crippen molar-refractivity contribution in [1.82, 2.24) is 0 Å². The van der Waals surface area contributed by atoms with Crippen LogP contribution < -0.4 is 0 Å². The van der Waals surface area contributed by atoms with Gasteiger partial charge in [-0.2, -0.15) is 0 Å². The van der Waals surface area contributed by atoms with Gasteiger partial charge >= 0.3 is 0 Å². The van der Waals surface area contributed by atoms with Crippen molar-refractivity contribution in [3.05, 3.63) is 285 Å². The molecule has 2 unspecified atom stereocenters. The van der Waals surface area contributed by atoms with Crippen LogP contribution in [-0.4, -0.2) is 27.2 Å². The minimum Gasteiger partial charge on any atom is -0.0622 e. The van der Waals surface area contributed by atoms with E-state index in [0.29, 0.717) is 0 Å². The van der Waals surface area contributed by atoms with E-state index in [1.807, 2.05) is 0 Å². The summed E-state index contributed by atoms with van der Waals surface area (Å²) in [6.07, 6.45) is 1.96. The lowest BCUT2D eigenvalue weighted by molar-refractivity contribution is 0.567. The third kappa shape index (κ3) is 7.47. The Hall–Kier alpha value is -6.59. The van der Waals surface area contributed by atoms with Gasteiger partial charge in [0.2, 0.25) is 0 Å². The molecular formula is C64H58Si2. The Labute approximate surface area is 396 Å². The van der Waals surface area contributed by atoms with E-state index in [1.54, 1.807) is 0 Å². The van der Waals surface area contributed by atoms with Gasteiger partial charge in [0, 0.05) is 26.9 Å². The van der Waals surface area contributed by atoms with Crippen LogP contribution in [-0.2, 0) is 10.1 Å². The number of hydrogen-bond acceptors (Lipinski definition) is 0. The maximum Gasteiger partial charge on any atom is 0.0343 e. The smallest absolute Gasteiger partial charge is 0.0343 e. The van der Waals surface area contributed by atoms with Crippen molar-refractivity contribution < 1.29 is 0 Å². The van der Waals surface area contributed by atoms with Crippen molar-refractivity contribution in [2.75, 3.05) is 0 Å². The summed E-state index contributed by atoms with van der Waals surface area (Å²) in [6.45, 7) is 14.2. The molecule has 2 aliphatic rings. The SMILES string of the molecule is Cc1ccc(C2=[Si](C)C(CCC3(c4ccc(C)cc4)C(c4ccccc4)=C(c4ccccc4)C(c4ccc(C)cc4)=[Si]3C)(c3ccc(C)cc3)C(c3ccccc3)=C2c2ccccc2)cc1. The van der Waals surface area contributed by atoms with E-state index in [9.17, 15) is 0 Å². The van der Waals surface area contributed by atoms with Gasteiger partial charge in [-0.3, -0.25) is 0 Å². The number of aryl methyl sites for hydroxylation is 4. The van der Waals surface area contributed by atoms with Crippen LogP contribution in [0.15, 0.2) is 218 Å². The summed E-state index contributed by atoms with van der Waals surface area (Å²) in [5, 5.41) is 2.46. The summed E-state index contributed by atoms with van der Waals surface area (Å²) in [7, 11) is -2.84. The zero-order valence-electron chi connectivity index (χ0n) is 39.2. The van der Waals surface area contributed by atoms with E-state index in [4.69, 9.17) is 0 Å². The fraction of sp³-hybridized carbons (Fsp3) is 0.156. The Kier molecular flexibility index (Phi) is 11.8. The fourth-order valence-corrected chi connectivity index (χ4v) is 18.3. The quantitative estimate of drug-likeness (QED) is 0.114. The van der Waals surface area contributed by atoms with Gasteiger partial charge in [0.25, 0.3) is 0 Å². The first-order valence-corrected chi connectivity index (χ1v) is 27.6. The van der Waals surface area contributed by atoms with Crippen LogP contribution in [0.2, 0.25) is 13.1 Å². The molecule has 0 N–H and O–H groups in total. The highest BCUT2D eigenvalue weighted by atomic mass is 28.2. The normalized spacial score (nSPS) is 18.5. The van der Waals surface area contributed by atoms with Gasteiger partial charge in [-0.05, 0) is 118 Å². The van der Waals surface area contributed by atoms with Gasteiger partial charge in [-0.15, -0.1) is 0 Å². The minimum absolute atomic E-state index is 0.299. The van der Waals surface area contributed by atoms with Gasteiger partial charge in [-0.1, -0.05) is 254 Å². The highest BCUT2D eigenvalue weighted by Crippen LogP contribution is 2.58. The summed E-state index contributed by atoms with van der Waals surface area (Å²) in [5.74, 6) is 0. The number of allylic oxidation sites excluding steroid dienone is 4. The molecule has 0 amide bonds. The monoisotopic (exact) mass is 882 g/mol. The van der Waals surface area contributed by atoms with Crippen LogP contribution >= 0.6 is 0 Å².